The van der Waals surface area contributed by atoms with Crippen LogP contribution in [0.5, 0.6) is 0 Å². The smallest absolute Gasteiger partial charge is 0.171 e. The van der Waals surface area contributed by atoms with Gasteiger partial charge in [-0.3, -0.25) is 0 Å². The highest BCUT2D eigenvalue weighted by Crippen LogP contribution is 2.34. The van der Waals surface area contributed by atoms with E-state index in [1.807, 2.05) is 12.1 Å². The molecule has 0 aliphatic carbocycles. The summed E-state index contributed by atoms with van der Waals surface area (Å²) >= 11 is 0. The van der Waals surface area contributed by atoms with Gasteiger partial charge in [-0.1, -0.05) is 0 Å². The second-order valence-corrected chi connectivity index (χ2v) is 5.24. The molecule has 2 saturated heterocycles. The highest BCUT2D eigenvalue weighted by atomic mass is 16.7. The minimum Gasteiger partial charge on any atom is -0.464 e. The number of furan rings is 1. The Balaban J connectivity index is 1.54. The van der Waals surface area contributed by atoms with Gasteiger partial charge in [0.2, 0.25) is 0 Å². The third kappa shape index (κ3) is 1.91. The van der Waals surface area contributed by atoms with E-state index in [2.05, 4.69) is 17.0 Å². The number of nitrogens with zero attached hydrogens (tertiary/aromatic N) is 1. The molecule has 0 radical (unpaired) electrons. The number of anilines is 1. The van der Waals surface area contributed by atoms with Crippen molar-refractivity contribution in [1.82, 2.24) is 0 Å². The van der Waals surface area contributed by atoms with Gasteiger partial charge in [-0.15, -0.1) is 0 Å². The third-order valence-electron chi connectivity index (χ3n) is 4.14. The van der Waals surface area contributed by atoms with Crippen LogP contribution in [0.25, 0.3) is 11.0 Å². The van der Waals surface area contributed by atoms with Crippen molar-refractivity contribution < 1.29 is 13.9 Å². The van der Waals surface area contributed by atoms with E-state index in [1.165, 1.54) is 5.69 Å². The molecule has 4 nitrogen and oxygen atoms in total. The molecule has 4 rings (SSSR count). The van der Waals surface area contributed by atoms with Crippen LogP contribution >= 0.6 is 0 Å². The van der Waals surface area contributed by atoms with Crippen molar-refractivity contribution in [2.75, 3.05) is 31.2 Å². The molecule has 1 aromatic heterocycles. The van der Waals surface area contributed by atoms with Crippen LogP contribution in [0.2, 0.25) is 0 Å². The van der Waals surface area contributed by atoms with E-state index < -0.39 is 0 Å². The molecule has 1 aromatic carbocycles. The zero-order chi connectivity index (χ0) is 12.7. The number of hydrogen-bond donors (Lipinski definition) is 0. The van der Waals surface area contributed by atoms with E-state index in [-0.39, 0.29) is 5.79 Å². The van der Waals surface area contributed by atoms with Crippen LogP contribution in [-0.2, 0) is 9.47 Å². The molecule has 2 fully saturated rings. The zero-order valence-electron chi connectivity index (χ0n) is 10.8. The quantitative estimate of drug-likeness (QED) is 0.788. The van der Waals surface area contributed by atoms with Crippen molar-refractivity contribution in [1.29, 1.82) is 0 Å². The van der Waals surface area contributed by atoms with Gasteiger partial charge in [-0.2, -0.15) is 0 Å². The monoisotopic (exact) mass is 259 g/mol. The van der Waals surface area contributed by atoms with Crippen LogP contribution in [0, 0.1) is 0 Å². The van der Waals surface area contributed by atoms with Crippen molar-refractivity contribution >= 4 is 16.7 Å². The van der Waals surface area contributed by atoms with Gasteiger partial charge in [0.15, 0.2) is 5.79 Å². The van der Waals surface area contributed by atoms with Crippen LogP contribution in [0.15, 0.2) is 34.9 Å². The SMILES string of the molecule is c1cc2cc(N3CCC4(CC3)OCCO4)ccc2o1. The van der Waals surface area contributed by atoms with Gasteiger partial charge in [-0.05, 0) is 24.3 Å². The molecule has 2 aromatic rings. The van der Waals surface area contributed by atoms with Crippen LogP contribution < -0.4 is 4.90 Å². The largest absolute Gasteiger partial charge is 0.464 e. The van der Waals surface area contributed by atoms with Crippen molar-refractivity contribution in [2.45, 2.75) is 18.6 Å². The van der Waals surface area contributed by atoms with Gasteiger partial charge < -0.3 is 18.8 Å². The van der Waals surface area contributed by atoms with E-state index >= 15 is 0 Å². The average Bonchev–Trinajstić information content (AvgIpc) is 3.08. The first kappa shape index (κ1) is 11.3. The van der Waals surface area contributed by atoms with Crippen molar-refractivity contribution in [3.63, 3.8) is 0 Å². The van der Waals surface area contributed by atoms with Gasteiger partial charge >= 0.3 is 0 Å². The molecule has 2 aliphatic rings. The van der Waals surface area contributed by atoms with E-state index in [0.29, 0.717) is 0 Å². The predicted octanol–water partition coefficient (Wildman–Crippen LogP) is 2.78. The molecular weight excluding hydrogens is 242 g/mol. The van der Waals surface area contributed by atoms with E-state index in [9.17, 15) is 0 Å². The number of hydrogen-bond acceptors (Lipinski definition) is 4. The first-order valence-corrected chi connectivity index (χ1v) is 6.85. The highest BCUT2D eigenvalue weighted by Gasteiger charge is 2.39. The van der Waals surface area contributed by atoms with Gasteiger partial charge in [0.05, 0.1) is 19.5 Å². The van der Waals surface area contributed by atoms with Crippen molar-refractivity contribution in [3.05, 3.63) is 30.5 Å². The van der Waals surface area contributed by atoms with Gasteiger partial charge in [-0.25, -0.2) is 0 Å². The summed E-state index contributed by atoms with van der Waals surface area (Å²) in [6.07, 6.45) is 3.62. The second-order valence-electron chi connectivity index (χ2n) is 5.24. The minimum absolute atomic E-state index is 0.295. The Morgan fingerprint density at radius 3 is 2.58 bits per heavy atom. The fourth-order valence-corrected chi connectivity index (χ4v) is 3.04. The van der Waals surface area contributed by atoms with Gasteiger partial charge in [0.1, 0.15) is 5.58 Å². The number of rotatable bonds is 1. The lowest BCUT2D eigenvalue weighted by molar-refractivity contribution is -0.169. The molecule has 0 unspecified atom stereocenters. The predicted molar refractivity (Wildman–Crippen MR) is 72.3 cm³/mol. The molecule has 0 amide bonds. The van der Waals surface area contributed by atoms with E-state index in [1.54, 1.807) is 6.26 Å². The second kappa shape index (κ2) is 4.25. The Hall–Kier alpha value is -1.52. The minimum atomic E-state index is -0.295. The lowest BCUT2D eigenvalue weighted by Crippen LogP contribution is -2.45. The summed E-state index contributed by atoms with van der Waals surface area (Å²) in [5.41, 5.74) is 2.20. The van der Waals surface area contributed by atoms with E-state index in [4.69, 9.17) is 13.9 Å². The summed E-state index contributed by atoms with van der Waals surface area (Å²) in [5.74, 6) is -0.295. The molecule has 0 saturated carbocycles. The van der Waals surface area contributed by atoms with Crippen LogP contribution in [0.4, 0.5) is 5.69 Å². The molecule has 0 atom stereocenters. The Kier molecular flexibility index (Phi) is 2.53. The van der Waals surface area contributed by atoms with E-state index in [0.717, 1.165) is 50.1 Å². The number of fused-ring (bicyclic) bond motifs is 1. The van der Waals surface area contributed by atoms with Gasteiger partial charge in [0, 0.05) is 37.0 Å². The molecule has 100 valence electrons. The number of ether oxygens (including phenoxy) is 2. The summed E-state index contributed by atoms with van der Waals surface area (Å²) in [4.78, 5) is 2.39. The number of piperidine rings is 1. The zero-order valence-corrected chi connectivity index (χ0v) is 10.8. The third-order valence-corrected chi connectivity index (χ3v) is 4.14. The van der Waals surface area contributed by atoms with Crippen LogP contribution in [0.3, 0.4) is 0 Å². The Bertz CT molecular complexity index is 576. The molecule has 19 heavy (non-hydrogen) atoms. The molecule has 2 aliphatic heterocycles. The molecule has 0 N–H and O–H groups in total. The molecule has 4 heteroatoms. The summed E-state index contributed by atoms with van der Waals surface area (Å²) in [7, 11) is 0. The molecule has 0 bridgehead atoms. The topological polar surface area (TPSA) is 34.8 Å². The van der Waals surface area contributed by atoms with Crippen LogP contribution in [0.1, 0.15) is 12.8 Å². The van der Waals surface area contributed by atoms with Crippen LogP contribution in [-0.4, -0.2) is 32.1 Å². The maximum atomic E-state index is 5.76. The summed E-state index contributed by atoms with van der Waals surface area (Å²) in [5, 5.41) is 1.16. The standard InChI is InChI=1S/C15H17NO3/c1-2-14-12(3-8-17-14)11-13(1)16-6-4-15(5-7-16)18-9-10-19-15/h1-3,8,11H,4-7,9-10H2. The lowest BCUT2D eigenvalue weighted by Gasteiger charge is -2.38. The van der Waals surface area contributed by atoms with Gasteiger partial charge in [0.25, 0.3) is 0 Å². The first-order valence-electron chi connectivity index (χ1n) is 6.85. The summed E-state index contributed by atoms with van der Waals surface area (Å²) < 4.78 is 16.9. The first-order chi connectivity index (χ1) is 9.35. The normalized spacial score (nSPS) is 22.4. The summed E-state index contributed by atoms with van der Waals surface area (Å²) in [6.45, 7) is 3.43. The Labute approximate surface area is 111 Å². The fraction of sp³-hybridized carbons (Fsp3) is 0.467. The number of benzene rings is 1. The maximum Gasteiger partial charge on any atom is 0.171 e. The fourth-order valence-electron chi connectivity index (χ4n) is 3.04. The molecule has 1 spiro atoms. The Morgan fingerprint density at radius 1 is 1.00 bits per heavy atom. The summed E-state index contributed by atoms with van der Waals surface area (Å²) in [6, 6.07) is 8.36. The Morgan fingerprint density at radius 2 is 1.79 bits per heavy atom. The highest BCUT2D eigenvalue weighted by molar-refractivity contribution is 5.81. The maximum absolute atomic E-state index is 5.76. The molecule has 3 heterocycles. The molecular formula is C15H17NO3. The van der Waals surface area contributed by atoms with Crippen molar-refractivity contribution in [3.8, 4) is 0 Å². The lowest BCUT2D eigenvalue weighted by atomic mass is 10.0. The average molecular weight is 259 g/mol. The van der Waals surface area contributed by atoms with Crippen molar-refractivity contribution in [2.24, 2.45) is 0 Å².